The van der Waals surface area contributed by atoms with Gasteiger partial charge in [0.25, 0.3) is 0 Å². The third-order valence-electron chi connectivity index (χ3n) is 6.26. The summed E-state index contributed by atoms with van der Waals surface area (Å²) in [5, 5.41) is 20.3. The number of nitrogens with zero attached hydrogens (tertiary/aromatic N) is 1. The lowest BCUT2D eigenvalue weighted by molar-refractivity contribution is -0.149. The molecule has 2 heterocycles. The fourth-order valence-corrected chi connectivity index (χ4v) is 4.26. The van der Waals surface area contributed by atoms with Crippen molar-refractivity contribution in [1.82, 2.24) is 26.2 Å². The lowest BCUT2D eigenvalue weighted by atomic mass is 10.1. The zero-order chi connectivity index (χ0) is 25.3. The van der Waals surface area contributed by atoms with Crippen LogP contribution in [0.25, 0.3) is 0 Å². The van der Waals surface area contributed by atoms with Crippen molar-refractivity contribution in [3.63, 3.8) is 0 Å². The molecular formula is C22H38N6O6. The highest BCUT2D eigenvalue weighted by Gasteiger charge is 2.36. The molecule has 2 fully saturated rings. The number of hydrogen-bond donors (Lipinski definition) is 6. The van der Waals surface area contributed by atoms with Gasteiger partial charge in [0.05, 0.1) is 6.04 Å². The molecule has 0 unspecified atom stereocenters. The van der Waals surface area contributed by atoms with Gasteiger partial charge >= 0.3 is 5.97 Å². The molecule has 0 spiro atoms. The summed E-state index contributed by atoms with van der Waals surface area (Å²) in [6, 6.07) is -3.94. The van der Waals surface area contributed by atoms with Gasteiger partial charge in [-0.15, -0.1) is 0 Å². The molecule has 0 aromatic carbocycles. The highest BCUT2D eigenvalue weighted by Crippen LogP contribution is 2.18. The van der Waals surface area contributed by atoms with Gasteiger partial charge in [-0.1, -0.05) is 0 Å². The Balaban J connectivity index is 1.91. The molecule has 2 aliphatic heterocycles. The molecule has 12 nitrogen and oxygen atoms in total. The lowest BCUT2D eigenvalue weighted by Gasteiger charge is -2.26. The fourth-order valence-electron chi connectivity index (χ4n) is 4.26. The second kappa shape index (κ2) is 13.2. The molecule has 0 radical (unpaired) electrons. The molecule has 0 aromatic heterocycles. The predicted octanol–water partition coefficient (Wildman–Crippen LogP) is -1.56. The molecule has 0 saturated carbocycles. The van der Waals surface area contributed by atoms with E-state index in [9.17, 15) is 29.1 Å². The quantitative estimate of drug-likeness (QED) is 0.180. The van der Waals surface area contributed by atoms with Crippen LogP contribution in [0, 0.1) is 0 Å². The maximum Gasteiger partial charge on any atom is 0.326 e. The molecular weight excluding hydrogens is 444 g/mol. The number of aliphatic carboxylic acids is 1. The summed E-state index contributed by atoms with van der Waals surface area (Å²) in [5.74, 6) is -2.87. The molecule has 2 rings (SSSR count). The van der Waals surface area contributed by atoms with Crippen LogP contribution in [0.2, 0.25) is 0 Å². The number of carbonyl (C=O) groups excluding carboxylic acids is 4. The van der Waals surface area contributed by atoms with Crippen LogP contribution in [-0.2, 0) is 24.0 Å². The number of nitrogens with one attached hydrogen (secondary N) is 4. The van der Waals surface area contributed by atoms with Crippen LogP contribution in [-0.4, -0.2) is 89.4 Å². The number of amides is 4. The normalized spacial score (nSPS) is 22.5. The highest BCUT2D eigenvalue weighted by molar-refractivity contribution is 5.95. The molecule has 7 N–H and O–H groups in total. The average molecular weight is 483 g/mol. The minimum absolute atomic E-state index is 0.250. The van der Waals surface area contributed by atoms with Crippen LogP contribution >= 0.6 is 0 Å². The first kappa shape index (κ1) is 27.5. The number of nitrogens with two attached hydrogens (primary N) is 1. The second-order valence-electron chi connectivity index (χ2n) is 8.98. The molecule has 12 heteroatoms. The number of rotatable bonds is 12. The summed E-state index contributed by atoms with van der Waals surface area (Å²) < 4.78 is 0. The van der Waals surface area contributed by atoms with E-state index in [0.29, 0.717) is 51.6 Å². The Kier molecular flexibility index (Phi) is 10.7. The van der Waals surface area contributed by atoms with Crippen molar-refractivity contribution >= 4 is 29.6 Å². The van der Waals surface area contributed by atoms with Gasteiger partial charge in [0.15, 0.2) is 0 Å². The van der Waals surface area contributed by atoms with E-state index in [1.54, 1.807) is 0 Å². The fraction of sp³-hybridized carbons (Fsp3) is 0.773. The van der Waals surface area contributed by atoms with E-state index in [0.717, 1.165) is 13.0 Å². The number of carboxylic acids is 1. The van der Waals surface area contributed by atoms with Crippen LogP contribution in [0.3, 0.4) is 0 Å². The minimum Gasteiger partial charge on any atom is -0.480 e. The minimum atomic E-state index is -1.07. The van der Waals surface area contributed by atoms with Crippen molar-refractivity contribution < 1.29 is 29.1 Å². The molecule has 4 amide bonds. The van der Waals surface area contributed by atoms with Crippen molar-refractivity contribution in [2.45, 2.75) is 89.0 Å². The molecule has 2 aliphatic rings. The van der Waals surface area contributed by atoms with E-state index in [1.807, 2.05) is 0 Å². The van der Waals surface area contributed by atoms with Gasteiger partial charge in [-0.2, -0.15) is 0 Å². The van der Waals surface area contributed by atoms with E-state index in [1.165, 1.54) is 18.7 Å². The van der Waals surface area contributed by atoms with E-state index in [2.05, 4.69) is 21.3 Å². The largest absolute Gasteiger partial charge is 0.480 e. The molecule has 5 atom stereocenters. The smallest absolute Gasteiger partial charge is 0.326 e. The standard InChI is InChI=1S/C22H38N6O6/c1-13(18(29)26-14(2)21(32)28-12-6-9-17(28)22(33)34)25-20(31)16(7-3-4-10-23)27-19(30)15-8-5-11-24-15/h13-17,24H,3-12,23H2,1-2H3,(H,25,31)(H,26,29)(H,27,30)(H,33,34)/t13-,14-,15-,16-,17-/m0/s1. The first-order valence-electron chi connectivity index (χ1n) is 12.0. The van der Waals surface area contributed by atoms with Gasteiger partial charge < -0.3 is 37.0 Å². The second-order valence-corrected chi connectivity index (χ2v) is 8.98. The van der Waals surface area contributed by atoms with Gasteiger partial charge in [-0.05, 0) is 71.9 Å². The van der Waals surface area contributed by atoms with Gasteiger partial charge in [-0.25, -0.2) is 4.79 Å². The van der Waals surface area contributed by atoms with Gasteiger partial charge in [-0.3, -0.25) is 19.2 Å². The van der Waals surface area contributed by atoms with Crippen LogP contribution in [0.4, 0.5) is 0 Å². The van der Waals surface area contributed by atoms with Crippen molar-refractivity contribution in [3.8, 4) is 0 Å². The molecule has 0 bridgehead atoms. The van der Waals surface area contributed by atoms with Crippen LogP contribution in [0.15, 0.2) is 0 Å². The first-order chi connectivity index (χ1) is 16.1. The van der Waals surface area contributed by atoms with Crippen molar-refractivity contribution in [2.24, 2.45) is 5.73 Å². The molecule has 34 heavy (non-hydrogen) atoms. The summed E-state index contributed by atoms with van der Waals surface area (Å²) in [6.45, 7) is 4.51. The lowest BCUT2D eigenvalue weighted by Crippen LogP contribution is -2.57. The molecule has 0 aliphatic carbocycles. The summed E-state index contributed by atoms with van der Waals surface area (Å²) in [4.78, 5) is 63.2. The van der Waals surface area contributed by atoms with Gasteiger partial charge in [0.2, 0.25) is 23.6 Å². The van der Waals surface area contributed by atoms with Gasteiger partial charge in [0, 0.05) is 6.54 Å². The third-order valence-corrected chi connectivity index (χ3v) is 6.26. The monoisotopic (exact) mass is 482 g/mol. The Morgan fingerprint density at radius 1 is 1.00 bits per heavy atom. The Morgan fingerprint density at radius 3 is 2.32 bits per heavy atom. The Hall–Kier alpha value is -2.73. The number of unbranched alkanes of at least 4 members (excludes halogenated alkanes) is 1. The number of carbonyl (C=O) groups is 5. The summed E-state index contributed by atoms with van der Waals surface area (Å²) >= 11 is 0. The Labute approximate surface area is 199 Å². The number of carboxylic acid groups (broad SMARTS) is 1. The average Bonchev–Trinajstić information content (AvgIpc) is 3.50. The highest BCUT2D eigenvalue weighted by atomic mass is 16.4. The van der Waals surface area contributed by atoms with Crippen LogP contribution < -0.4 is 27.0 Å². The van der Waals surface area contributed by atoms with Crippen molar-refractivity contribution in [1.29, 1.82) is 0 Å². The maximum atomic E-state index is 12.9. The van der Waals surface area contributed by atoms with Gasteiger partial charge in [0.1, 0.15) is 24.2 Å². The van der Waals surface area contributed by atoms with Crippen molar-refractivity contribution in [2.75, 3.05) is 19.6 Å². The molecule has 192 valence electrons. The number of likely N-dealkylation sites (tertiary alicyclic amines) is 1. The van der Waals surface area contributed by atoms with E-state index >= 15 is 0 Å². The summed E-state index contributed by atoms with van der Waals surface area (Å²) in [7, 11) is 0. The Morgan fingerprint density at radius 2 is 1.71 bits per heavy atom. The first-order valence-corrected chi connectivity index (χ1v) is 12.0. The third kappa shape index (κ3) is 7.66. The summed E-state index contributed by atoms with van der Waals surface area (Å²) in [5.41, 5.74) is 5.54. The SMILES string of the molecule is C[C@H](NC(=O)[C@H](CCCCN)NC(=O)[C@@H]1CCCN1)C(=O)N[C@@H](C)C(=O)N1CCC[C@H]1C(=O)O. The number of hydrogen-bond acceptors (Lipinski definition) is 7. The topological polar surface area (TPSA) is 183 Å². The van der Waals surface area contributed by atoms with E-state index in [-0.39, 0.29) is 11.9 Å². The maximum absolute atomic E-state index is 12.9. The van der Waals surface area contributed by atoms with Crippen LogP contribution in [0.1, 0.15) is 58.8 Å². The van der Waals surface area contributed by atoms with E-state index < -0.39 is 47.9 Å². The predicted molar refractivity (Wildman–Crippen MR) is 123 cm³/mol. The van der Waals surface area contributed by atoms with Crippen molar-refractivity contribution in [3.05, 3.63) is 0 Å². The zero-order valence-electron chi connectivity index (χ0n) is 20.0. The molecule has 0 aromatic rings. The van der Waals surface area contributed by atoms with Crippen LogP contribution in [0.5, 0.6) is 0 Å². The molecule has 2 saturated heterocycles. The zero-order valence-corrected chi connectivity index (χ0v) is 20.0. The Bertz CT molecular complexity index is 756. The van der Waals surface area contributed by atoms with E-state index in [4.69, 9.17) is 5.73 Å². The summed E-state index contributed by atoms with van der Waals surface area (Å²) in [6.07, 6.45) is 4.28.